The van der Waals surface area contributed by atoms with Gasteiger partial charge in [0.25, 0.3) is 0 Å². The van der Waals surface area contributed by atoms with Crippen molar-refractivity contribution in [1.29, 1.82) is 0 Å². The molecule has 0 radical (unpaired) electrons. The molecule has 19 heavy (non-hydrogen) atoms. The highest BCUT2D eigenvalue weighted by Crippen LogP contribution is 2.25. The van der Waals surface area contributed by atoms with E-state index in [0.29, 0.717) is 5.95 Å². The number of anilines is 1. The van der Waals surface area contributed by atoms with Gasteiger partial charge in [-0.2, -0.15) is 0 Å². The molecule has 0 bridgehead atoms. The van der Waals surface area contributed by atoms with Crippen molar-refractivity contribution < 1.29 is 8.42 Å². The fourth-order valence-corrected chi connectivity index (χ4v) is 2.28. The summed E-state index contributed by atoms with van der Waals surface area (Å²) in [5.41, 5.74) is 8.65. The van der Waals surface area contributed by atoms with Crippen LogP contribution in [0.15, 0.2) is 18.2 Å². The van der Waals surface area contributed by atoms with Gasteiger partial charge in [0.1, 0.15) is 0 Å². The van der Waals surface area contributed by atoms with Crippen molar-refractivity contribution in [2.45, 2.75) is 32.1 Å². The largest absolute Gasteiger partial charge is 0.369 e. The van der Waals surface area contributed by atoms with Gasteiger partial charge in [0.2, 0.25) is 5.95 Å². The second kappa shape index (κ2) is 4.23. The fraction of sp³-hybridized carbons (Fsp3) is 0.462. The van der Waals surface area contributed by atoms with E-state index in [-0.39, 0.29) is 6.54 Å². The van der Waals surface area contributed by atoms with E-state index in [2.05, 4.69) is 4.98 Å². The van der Waals surface area contributed by atoms with Crippen molar-refractivity contribution >= 4 is 26.8 Å². The quantitative estimate of drug-likeness (QED) is 0.929. The highest BCUT2D eigenvalue weighted by atomic mass is 32.2. The second-order valence-electron chi connectivity index (χ2n) is 5.58. The van der Waals surface area contributed by atoms with Crippen LogP contribution in [-0.4, -0.2) is 29.0 Å². The van der Waals surface area contributed by atoms with Crippen molar-refractivity contribution in [3.05, 3.63) is 23.8 Å². The number of nitrogens with two attached hydrogens (primary N) is 1. The van der Waals surface area contributed by atoms with Crippen LogP contribution < -0.4 is 5.73 Å². The van der Waals surface area contributed by atoms with Crippen LogP contribution in [0.3, 0.4) is 0 Å². The van der Waals surface area contributed by atoms with E-state index in [0.717, 1.165) is 16.6 Å². The van der Waals surface area contributed by atoms with Crippen molar-refractivity contribution in [1.82, 2.24) is 9.55 Å². The topological polar surface area (TPSA) is 78.0 Å². The summed E-state index contributed by atoms with van der Waals surface area (Å²) in [6, 6.07) is 5.82. The Labute approximate surface area is 113 Å². The molecule has 0 fully saturated rings. The lowest BCUT2D eigenvalue weighted by atomic mass is 10.2. The van der Waals surface area contributed by atoms with Gasteiger partial charge in [-0.15, -0.1) is 0 Å². The molecule has 0 aliphatic heterocycles. The van der Waals surface area contributed by atoms with Crippen LogP contribution in [0.4, 0.5) is 5.95 Å². The Kier molecular flexibility index (Phi) is 3.09. The molecule has 5 nitrogen and oxygen atoms in total. The zero-order valence-electron chi connectivity index (χ0n) is 11.6. The van der Waals surface area contributed by atoms with E-state index in [1.807, 2.05) is 25.1 Å². The van der Waals surface area contributed by atoms with Crippen LogP contribution >= 0.6 is 0 Å². The molecular weight excluding hydrogens is 262 g/mol. The molecule has 2 aromatic rings. The third kappa shape index (κ3) is 2.45. The highest BCUT2D eigenvalue weighted by molar-refractivity contribution is 7.92. The molecule has 2 N–H and O–H groups in total. The maximum atomic E-state index is 11.8. The molecule has 1 aromatic heterocycles. The van der Waals surface area contributed by atoms with Crippen LogP contribution in [0.2, 0.25) is 0 Å². The number of hydrogen-bond acceptors (Lipinski definition) is 4. The Hall–Kier alpha value is -1.56. The molecular formula is C13H19N3O2S. The number of fused-ring (bicyclic) bond motifs is 1. The molecule has 0 saturated heterocycles. The van der Waals surface area contributed by atoms with Crippen molar-refractivity contribution in [2.24, 2.45) is 0 Å². The van der Waals surface area contributed by atoms with Crippen molar-refractivity contribution in [3.8, 4) is 0 Å². The third-order valence-corrected chi connectivity index (χ3v) is 5.61. The number of rotatable bonds is 3. The van der Waals surface area contributed by atoms with E-state index in [1.165, 1.54) is 6.26 Å². The summed E-state index contributed by atoms with van der Waals surface area (Å²) in [6.45, 7) is 5.67. The van der Waals surface area contributed by atoms with Gasteiger partial charge in [-0.1, -0.05) is 6.07 Å². The molecule has 1 aromatic carbocycles. The van der Waals surface area contributed by atoms with Crippen LogP contribution in [0.25, 0.3) is 11.0 Å². The van der Waals surface area contributed by atoms with E-state index < -0.39 is 14.6 Å². The lowest BCUT2D eigenvalue weighted by Gasteiger charge is -2.23. The summed E-state index contributed by atoms with van der Waals surface area (Å²) in [5.74, 6) is 0.345. The first-order chi connectivity index (χ1) is 8.62. The zero-order valence-corrected chi connectivity index (χ0v) is 12.5. The maximum Gasteiger partial charge on any atom is 0.201 e. The number of benzene rings is 1. The number of hydrogen-bond donors (Lipinski definition) is 1. The van der Waals surface area contributed by atoms with Gasteiger partial charge in [-0.25, -0.2) is 13.4 Å². The summed E-state index contributed by atoms with van der Waals surface area (Å²) in [6.07, 6.45) is 1.24. The molecule has 0 spiro atoms. The average Bonchev–Trinajstić information content (AvgIpc) is 2.54. The first-order valence-electron chi connectivity index (χ1n) is 6.04. The minimum Gasteiger partial charge on any atom is -0.369 e. The summed E-state index contributed by atoms with van der Waals surface area (Å²) in [4.78, 5) is 4.27. The smallest absolute Gasteiger partial charge is 0.201 e. The third-order valence-electron chi connectivity index (χ3n) is 3.48. The Morgan fingerprint density at radius 2 is 2.00 bits per heavy atom. The standard InChI is InChI=1S/C13H19N3O2S/c1-9-5-6-10-11(7-9)16(12(14)15-10)8-13(2,3)19(4,17)18/h5-7H,8H2,1-4H3,(H2,14,15). The monoisotopic (exact) mass is 281 g/mol. The van der Waals surface area contributed by atoms with Gasteiger partial charge in [0.15, 0.2) is 9.84 Å². The van der Waals surface area contributed by atoms with Crippen LogP contribution in [0.1, 0.15) is 19.4 Å². The first-order valence-corrected chi connectivity index (χ1v) is 7.93. The summed E-state index contributed by atoms with van der Waals surface area (Å²) < 4.78 is 24.5. The van der Waals surface area contributed by atoms with Gasteiger partial charge in [-0.3, -0.25) is 0 Å². The van der Waals surface area contributed by atoms with Crippen molar-refractivity contribution in [3.63, 3.8) is 0 Å². The van der Waals surface area contributed by atoms with Crippen molar-refractivity contribution in [2.75, 3.05) is 12.0 Å². The number of nitrogens with zero attached hydrogens (tertiary/aromatic N) is 2. The molecule has 6 heteroatoms. The predicted octanol–water partition coefficient (Wildman–Crippen LogP) is 1.75. The molecule has 0 amide bonds. The fourth-order valence-electron chi connectivity index (χ4n) is 1.92. The summed E-state index contributed by atoms with van der Waals surface area (Å²) in [7, 11) is -3.18. The van der Waals surface area contributed by atoms with Crippen LogP contribution in [0, 0.1) is 6.92 Å². The number of imidazole rings is 1. The molecule has 0 aliphatic carbocycles. The molecule has 1 heterocycles. The minimum absolute atomic E-state index is 0.289. The number of aryl methyl sites for hydroxylation is 1. The SMILES string of the molecule is Cc1ccc2nc(N)n(CC(C)(C)S(C)(=O)=O)c2c1. The molecule has 0 aliphatic rings. The maximum absolute atomic E-state index is 11.8. The molecule has 2 rings (SSSR count). The summed E-state index contributed by atoms with van der Waals surface area (Å²) in [5, 5.41) is 0. The molecule has 0 unspecified atom stereocenters. The van der Waals surface area contributed by atoms with E-state index in [1.54, 1.807) is 18.4 Å². The number of nitrogen functional groups attached to an aromatic ring is 1. The number of aromatic nitrogens is 2. The number of sulfone groups is 1. The minimum atomic E-state index is -3.18. The average molecular weight is 281 g/mol. The van der Waals surface area contributed by atoms with Crippen LogP contribution in [-0.2, 0) is 16.4 Å². The Balaban J connectivity index is 2.57. The van der Waals surface area contributed by atoms with Crippen LogP contribution in [0.5, 0.6) is 0 Å². The van der Waals surface area contributed by atoms with E-state index in [4.69, 9.17) is 5.73 Å². The van der Waals surface area contributed by atoms with E-state index in [9.17, 15) is 8.42 Å². The van der Waals surface area contributed by atoms with Gasteiger partial charge < -0.3 is 10.3 Å². The lowest BCUT2D eigenvalue weighted by molar-refractivity contribution is 0.511. The predicted molar refractivity (Wildman–Crippen MR) is 77.8 cm³/mol. The van der Waals surface area contributed by atoms with Gasteiger partial charge in [-0.05, 0) is 38.5 Å². The van der Waals surface area contributed by atoms with Gasteiger partial charge in [0, 0.05) is 12.8 Å². The Bertz CT molecular complexity index is 730. The first kappa shape index (κ1) is 13.9. The Morgan fingerprint density at radius 1 is 1.37 bits per heavy atom. The zero-order chi connectivity index (χ0) is 14.4. The van der Waals surface area contributed by atoms with Gasteiger partial charge in [0.05, 0.1) is 15.8 Å². The van der Waals surface area contributed by atoms with E-state index >= 15 is 0 Å². The molecule has 104 valence electrons. The molecule has 0 atom stereocenters. The second-order valence-corrected chi connectivity index (χ2v) is 8.23. The van der Waals surface area contributed by atoms with Gasteiger partial charge >= 0.3 is 0 Å². The Morgan fingerprint density at radius 3 is 2.58 bits per heavy atom. The lowest BCUT2D eigenvalue weighted by Crippen LogP contribution is -2.36. The summed E-state index contributed by atoms with van der Waals surface area (Å²) >= 11 is 0. The highest BCUT2D eigenvalue weighted by Gasteiger charge is 2.31. The normalized spacial score (nSPS) is 13.1. The molecule has 0 saturated carbocycles.